The van der Waals surface area contributed by atoms with Gasteiger partial charge in [0.2, 0.25) is 5.88 Å². The fourth-order valence-electron chi connectivity index (χ4n) is 2.26. The molecule has 162 valence electrons. The van der Waals surface area contributed by atoms with Gasteiger partial charge in [0.05, 0.1) is 5.38 Å². The highest BCUT2D eigenvalue weighted by atomic mass is 32.1. The molecule has 0 aliphatic rings. The van der Waals surface area contributed by atoms with Crippen molar-refractivity contribution in [3.8, 4) is 11.6 Å². The van der Waals surface area contributed by atoms with Crippen molar-refractivity contribution >= 4 is 34.2 Å². The second kappa shape index (κ2) is 9.04. The number of carbonyl (C=O) groups excluding carboxylic acids is 2. The standard InChI is InChI=1S/C20H16F3N3O4S/c1-20(2,30-15-8-5-12(22)9-14(15)23)17(27)26-18-25-16(10-31-18)29-19(28)24-13-6-3-11(21)4-7-13/h3-10H,1-2H3,(H,24,28)(H,25,26,27). The molecule has 0 aliphatic carbocycles. The van der Waals surface area contributed by atoms with Crippen LogP contribution in [0.15, 0.2) is 47.8 Å². The molecule has 0 atom stereocenters. The molecule has 2 N–H and O–H groups in total. The van der Waals surface area contributed by atoms with Gasteiger partial charge in [-0.05, 0) is 50.2 Å². The fraction of sp³-hybridized carbons (Fsp3) is 0.150. The molecule has 2 aromatic carbocycles. The van der Waals surface area contributed by atoms with Crippen LogP contribution in [-0.4, -0.2) is 22.6 Å². The first-order valence-corrected chi connectivity index (χ1v) is 9.66. The summed E-state index contributed by atoms with van der Waals surface area (Å²) < 4.78 is 50.1. The van der Waals surface area contributed by atoms with E-state index in [1.165, 1.54) is 43.5 Å². The largest absolute Gasteiger partial charge is 0.475 e. The van der Waals surface area contributed by atoms with E-state index < -0.39 is 35.1 Å². The van der Waals surface area contributed by atoms with E-state index >= 15 is 0 Å². The molecule has 0 bridgehead atoms. The van der Waals surface area contributed by atoms with Crippen molar-refractivity contribution in [2.45, 2.75) is 19.4 Å². The maximum absolute atomic E-state index is 13.8. The summed E-state index contributed by atoms with van der Waals surface area (Å²) in [6.45, 7) is 2.79. The second-order valence-electron chi connectivity index (χ2n) is 6.65. The van der Waals surface area contributed by atoms with Crippen molar-refractivity contribution in [2.24, 2.45) is 0 Å². The molecular weight excluding hydrogens is 435 g/mol. The third kappa shape index (κ3) is 5.95. The Labute approximate surface area is 178 Å². The Kier molecular flexibility index (Phi) is 6.44. The first-order valence-electron chi connectivity index (χ1n) is 8.78. The number of aromatic nitrogens is 1. The van der Waals surface area contributed by atoms with Crippen LogP contribution >= 0.6 is 11.3 Å². The van der Waals surface area contributed by atoms with Gasteiger partial charge in [0.15, 0.2) is 22.3 Å². The van der Waals surface area contributed by atoms with E-state index in [9.17, 15) is 22.8 Å². The number of benzene rings is 2. The normalized spacial score (nSPS) is 11.0. The highest BCUT2D eigenvalue weighted by Crippen LogP contribution is 2.26. The van der Waals surface area contributed by atoms with Crippen LogP contribution in [0.3, 0.4) is 0 Å². The molecule has 0 fully saturated rings. The number of nitrogens with zero attached hydrogens (tertiary/aromatic N) is 1. The zero-order valence-electron chi connectivity index (χ0n) is 16.2. The number of ether oxygens (including phenoxy) is 2. The molecule has 11 heteroatoms. The van der Waals surface area contributed by atoms with Crippen LogP contribution in [0.4, 0.5) is 28.8 Å². The topological polar surface area (TPSA) is 89.6 Å². The smallest absolute Gasteiger partial charge is 0.418 e. The minimum atomic E-state index is -1.52. The minimum absolute atomic E-state index is 0.0804. The predicted molar refractivity (Wildman–Crippen MR) is 108 cm³/mol. The van der Waals surface area contributed by atoms with Crippen molar-refractivity contribution in [1.82, 2.24) is 4.98 Å². The molecule has 1 heterocycles. The van der Waals surface area contributed by atoms with Crippen molar-refractivity contribution < 1.29 is 32.2 Å². The molecule has 0 saturated carbocycles. The third-order valence-corrected chi connectivity index (χ3v) is 4.53. The van der Waals surface area contributed by atoms with E-state index in [4.69, 9.17) is 9.47 Å². The number of thiazole rings is 1. The van der Waals surface area contributed by atoms with Crippen molar-refractivity contribution in [1.29, 1.82) is 0 Å². The summed E-state index contributed by atoms with van der Waals surface area (Å²) in [7, 11) is 0. The van der Waals surface area contributed by atoms with E-state index in [1.807, 2.05) is 0 Å². The molecule has 31 heavy (non-hydrogen) atoms. The third-order valence-electron chi connectivity index (χ3n) is 3.80. The molecule has 0 spiro atoms. The highest BCUT2D eigenvalue weighted by Gasteiger charge is 2.32. The lowest BCUT2D eigenvalue weighted by atomic mass is 10.1. The maximum atomic E-state index is 13.8. The summed E-state index contributed by atoms with van der Waals surface area (Å²) in [6.07, 6.45) is -0.856. The Morgan fingerprint density at radius 2 is 1.68 bits per heavy atom. The van der Waals surface area contributed by atoms with E-state index in [0.29, 0.717) is 11.8 Å². The second-order valence-corrected chi connectivity index (χ2v) is 7.51. The molecule has 0 aliphatic heterocycles. The lowest BCUT2D eigenvalue weighted by Crippen LogP contribution is -2.42. The van der Waals surface area contributed by atoms with E-state index in [-0.39, 0.29) is 16.8 Å². The minimum Gasteiger partial charge on any atom is -0.475 e. The molecule has 0 saturated heterocycles. The van der Waals surface area contributed by atoms with Gasteiger partial charge >= 0.3 is 6.09 Å². The summed E-state index contributed by atoms with van der Waals surface area (Å²) in [6, 6.07) is 7.79. The van der Waals surface area contributed by atoms with Gasteiger partial charge in [0.1, 0.15) is 11.6 Å². The number of hydrogen-bond donors (Lipinski definition) is 2. The molecular formula is C20H16F3N3O4S. The van der Waals surface area contributed by atoms with E-state index in [1.54, 1.807) is 0 Å². The first kappa shape index (κ1) is 22.1. The van der Waals surface area contributed by atoms with Crippen LogP contribution in [0.25, 0.3) is 0 Å². The van der Waals surface area contributed by atoms with Gasteiger partial charge in [0, 0.05) is 11.8 Å². The van der Waals surface area contributed by atoms with Crippen LogP contribution in [0.2, 0.25) is 0 Å². The van der Waals surface area contributed by atoms with Crippen LogP contribution < -0.4 is 20.1 Å². The summed E-state index contributed by atoms with van der Waals surface area (Å²) in [5.41, 5.74) is -1.20. The number of halogens is 3. The Morgan fingerprint density at radius 1 is 1.00 bits per heavy atom. The van der Waals surface area contributed by atoms with Crippen LogP contribution in [0, 0.1) is 17.5 Å². The first-order chi connectivity index (χ1) is 14.6. The average molecular weight is 451 g/mol. The summed E-state index contributed by atoms with van der Waals surface area (Å²) in [5.74, 6) is -3.20. The summed E-state index contributed by atoms with van der Waals surface area (Å²) in [4.78, 5) is 28.3. The van der Waals surface area contributed by atoms with Gasteiger partial charge < -0.3 is 9.47 Å². The Morgan fingerprint density at radius 3 is 2.35 bits per heavy atom. The summed E-state index contributed by atoms with van der Waals surface area (Å²) in [5, 5.41) is 6.36. The number of anilines is 2. The van der Waals surface area contributed by atoms with Crippen LogP contribution in [0.5, 0.6) is 11.6 Å². The zero-order valence-corrected chi connectivity index (χ0v) is 17.1. The molecule has 3 rings (SSSR count). The lowest BCUT2D eigenvalue weighted by Gasteiger charge is -2.24. The van der Waals surface area contributed by atoms with Gasteiger partial charge in [-0.25, -0.2) is 18.0 Å². The Hall–Kier alpha value is -3.60. The molecule has 7 nitrogen and oxygen atoms in total. The fourth-order valence-corrected chi connectivity index (χ4v) is 2.87. The number of rotatable bonds is 6. The highest BCUT2D eigenvalue weighted by molar-refractivity contribution is 7.14. The van der Waals surface area contributed by atoms with E-state index in [2.05, 4.69) is 15.6 Å². The van der Waals surface area contributed by atoms with Crippen LogP contribution in [0.1, 0.15) is 13.8 Å². The molecule has 2 amide bonds. The zero-order chi connectivity index (χ0) is 22.6. The predicted octanol–water partition coefficient (Wildman–Crippen LogP) is 4.97. The van der Waals surface area contributed by atoms with Crippen LogP contribution in [-0.2, 0) is 4.79 Å². The average Bonchev–Trinajstić information content (AvgIpc) is 3.12. The number of nitrogens with one attached hydrogen (secondary N) is 2. The lowest BCUT2D eigenvalue weighted by molar-refractivity contribution is -0.128. The molecule has 1 aromatic heterocycles. The Bertz CT molecular complexity index is 1100. The van der Waals surface area contributed by atoms with Gasteiger partial charge in [-0.3, -0.25) is 15.4 Å². The van der Waals surface area contributed by atoms with Crippen molar-refractivity contribution in [3.05, 3.63) is 65.3 Å². The molecule has 0 unspecified atom stereocenters. The van der Waals surface area contributed by atoms with Gasteiger partial charge in [0.25, 0.3) is 5.91 Å². The monoisotopic (exact) mass is 451 g/mol. The Balaban J connectivity index is 1.58. The SMILES string of the molecule is CC(C)(Oc1ccc(F)cc1F)C(=O)Nc1nc(OC(=O)Nc2ccc(F)cc2)cs1. The van der Waals surface area contributed by atoms with Crippen molar-refractivity contribution in [3.63, 3.8) is 0 Å². The quantitative estimate of drug-likeness (QED) is 0.553. The van der Waals surface area contributed by atoms with Crippen molar-refractivity contribution in [2.75, 3.05) is 10.6 Å². The number of amides is 2. The summed E-state index contributed by atoms with van der Waals surface area (Å²) >= 11 is 0.979. The number of carbonyl (C=O) groups is 2. The maximum Gasteiger partial charge on any atom is 0.418 e. The molecule has 3 aromatic rings. The van der Waals surface area contributed by atoms with E-state index in [0.717, 1.165) is 23.5 Å². The number of hydrogen-bond acceptors (Lipinski definition) is 6. The van der Waals surface area contributed by atoms with Gasteiger partial charge in [-0.1, -0.05) is 0 Å². The van der Waals surface area contributed by atoms with Gasteiger partial charge in [-0.15, -0.1) is 11.3 Å². The van der Waals surface area contributed by atoms with Gasteiger partial charge in [-0.2, -0.15) is 4.98 Å². The molecule has 0 radical (unpaired) electrons.